The van der Waals surface area contributed by atoms with Crippen molar-refractivity contribution in [1.82, 2.24) is 5.32 Å². The van der Waals surface area contributed by atoms with Crippen molar-refractivity contribution in [1.29, 1.82) is 0 Å². The minimum atomic E-state index is 0.449. The summed E-state index contributed by atoms with van der Waals surface area (Å²) >= 11 is 0. The molecule has 0 aromatic heterocycles. The zero-order chi connectivity index (χ0) is 11.7. The molecule has 2 aliphatic heterocycles. The average Bonchev–Trinajstić information content (AvgIpc) is 2.85. The lowest BCUT2D eigenvalue weighted by Crippen LogP contribution is -2.27. The second-order valence-corrected chi connectivity index (χ2v) is 4.86. The molecule has 1 aromatic carbocycles. The van der Waals surface area contributed by atoms with E-state index in [4.69, 9.17) is 9.47 Å². The van der Waals surface area contributed by atoms with Crippen LogP contribution in [0.5, 0.6) is 5.75 Å². The fraction of sp³-hybridized carbons (Fsp3) is 0.571. The van der Waals surface area contributed by atoms with Gasteiger partial charge in [0.1, 0.15) is 5.75 Å². The highest BCUT2D eigenvalue weighted by atomic mass is 16.5. The molecule has 1 aromatic rings. The molecule has 0 bridgehead atoms. The maximum atomic E-state index is 5.53. The monoisotopic (exact) mass is 233 g/mol. The summed E-state index contributed by atoms with van der Waals surface area (Å²) in [5, 5.41) is 3.58. The Labute approximate surface area is 102 Å². The molecule has 1 saturated heterocycles. The van der Waals surface area contributed by atoms with E-state index >= 15 is 0 Å². The van der Waals surface area contributed by atoms with Crippen molar-refractivity contribution >= 4 is 0 Å². The number of piperidine rings is 1. The summed E-state index contributed by atoms with van der Waals surface area (Å²) in [5.74, 6) is 1.01. The first-order valence-electron chi connectivity index (χ1n) is 6.39. The van der Waals surface area contributed by atoms with Crippen LogP contribution in [-0.2, 0) is 18.0 Å². The zero-order valence-corrected chi connectivity index (χ0v) is 10.3. The van der Waals surface area contributed by atoms with Crippen LogP contribution in [-0.4, -0.2) is 13.7 Å². The molecule has 1 atom stereocenters. The average molecular weight is 233 g/mol. The van der Waals surface area contributed by atoms with Crippen LogP contribution in [0.4, 0.5) is 0 Å². The summed E-state index contributed by atoms with van der Waals surface area (Å²) in [6.45, 7) is 2.59. The van der Waals surface area contributed by atoms with Gasteiger partial charge in [0.05, 0.1) is 20.3 Å². The van der Waals surface area contributed by atoms with Crippen molar-refractivity contribution in [2.75, 3.05) is 13.7 Å². The summed E-state index contributed by atoms with van der Waals surface area (Å²) in [5.41, 5.74) is 3.91. The van der Waals surface area contributed by atoms with Crippen molar-refractivity contribution in [2.24, 2.45) is 0 Å². The highest BCUT2D eigenvalue weighted by Crippen LogP contribution is 2.35. The molecule has 3 nitrogen and oxygen atoms in total. The van der Waals surface area contributed by atoms with Crippen LogP contribution in [0.3, 0.4) is 0 Å². The lowest BCUT2D eigenvalue weighted by Gasteiger charge is -2.26. The summed E-state index contributed by atoms with van der Waals surface area (Å²) in [6.07, 6.45) is 3.79. The Hall–Kier alpha value is -1.06. The second-order valence-electron chi connectivity index (χ2n) is 4.86. The van der Waals surface area contributed by atoms with Crippen LogP contribution < -0.4 is 10.1 Å². The van der Waals surface area contributed by atoms with Crippen molar-refractivity contribution in [3.8, 4) is 5.75 Å². The standard InChI is InChI=1S/C14H19NO2/c1-16-14-7-11-9-17-8-10(11)6-12(14)13-4-2-3-5-15-13/h6-7,13,15H,2-5,8-9H2,1H3. The molecule has 1 unspecified atom stereocenters. The van der Waals surface area contributed by atoms with Gasteiger partial charge in [0.15, 0.2) is 0 Å². The zero-order valence-electron chi connectivity index (χ0n) is 10.3. The quantitative estimate of drug-likeness (QED) is 0.851. The number of hydrogen-bond acceptors (Lipinski definition) is 3. The molecule has 3 heteroatoms. The van der Waals surface area contributed by atoms with Gasteiger partial charge in [-0.15, -0.1) is 0 Å². The Morgan fingerprint density at radius 1 is 1.24 bits per heavy atom. The molecule has 1 N–H and O–H groups in total. The maximum absolute atomic E-state index is 5.53. The Bertz CT molecular complexity index is 411. The molecule has 92 valence electrons. The van der Waals surface area contributed by atoms with Crippen LogP contribution in [0.15, 0.2) is 12.1 Å². The molecular formula is C14H19NO2. The topological polar surface area (TPSA) is 30.5 Å². The lowest BCUT2D eigenvalue weighted by molar-refractivity contribution is 0.134. The molecule has 2 aliphatic rings. The van der Waals surface area contributed by atoms with E-state index in [1.165, 1.54) is 36.0 Å². The molecule has 3 rings (SSSR count). The summed E-state index contributed by atoms with van der Waals surface area (Å²) in [4.78, 5) is 0. The van der Waals surface area contributed by atoms with E-state index in [9.17, 15) is 0 Å². The van der Waals surface area contributed by atoms with Crippen LogP contribution in [0, 0.1) is 0 Å². The Morgan fingerprint density at radius 2 is 2.06 bits per heavy atom. The van der Waals surface area contributed by atoms with E-state index in [0.717, 1.165) is 25.5 Å². The van der Waals surface area contributed by atoms with E-state index in [0.29, 0.717) is 6.04 Å². The smallest absolute Gasteiger partial charge is 0.124 e. The summed E-state index contributed by atoms with van der Waals surface area (Å²) < 4.78 is 11.0. The maximum Gasteiger partial charge on any atom is 0.124 e. The second kappa shape index (κ2) is 4.67. The minimum Gasteiger partial charge on any atom is -0.496 e. The molecule has 2 heterocycles. The van der Waals surface area contributed by atoms with Gasteiger partial charge in [0.2, 0.25) is 0 Å². The van der Waals surface area contributed by atoms with Gasteiger partial charge in [0, 0.05) is 11.6 Å². The first-order chi connectivity index (χ1) is 8.38. The van der Waals surface area contributed by atoms with E-state index in [2.05, 4.69) is 17.4 Å². The van der Waals surface area contributed by atoms with Gasteiger partial charge >= 0.3 is 0 Å². The SMILES string of the molecule is COc1cc2c(cc1C1CCCCN1)COC2. The Balaban J connectivity index is 1.96. The Morgan fingerprint density at radius 3 is 2.76 bits per heavy atom. The van der Waals surface area contributed by atoms with Gasteiger partial charge in [-0.1, -0.05) is 6.42 Å². The van der Waals surface area contributed by atoms with E-state index in [1.54, 1.807) is 7.11 Å². The molecular weight excluding hydrogens is 214 g/mol. The first-order valence-corrected chi connectivity index (χ1v) is 6.39. The van der Waals surface area contributed by atoms with Crippen LogP contribution in [0.25, 0.3) is 0 Å². The van der Waals surface area contributed by atoms with E-state index in [-0.39, 0.29) is 0 Å². The Kier molecular flexibility index (Phi) is 3.04. The van der Waals surface area contributed by atoms with Crippen molar-refractivity contribution in [3.05, 3.63) is 28.8 Å². The number of methoxy groups -OCH3 is 1. The van der Waals surface area contributed by atoms with Gasteiger partial charge in [-0.3, -0.25) is 0 Å². The molecule has 0 saturated carbocycles. The highest BCUT2D eigenvalue weighted by Gasteiger charge is 2.22. The molecule has 0 radical (unpaired) electrons. The third kappa shape index (κ3) is 2.05. The van der Waals surface area contributed by atoms with E-state index < -0.39 is 0 Å². The largest absolute Gasteiger partial charge is 0.496 e. The first kappa shape index (κ1) is 11.1. The summed E-state index contributed by atoms with van der Waals surface area (Å²) in [6, 6.07) is 4.86. The molecule has 0 aliphatic carbocycles. The van der Waals surface area contributed by atoms with E-state index in [1.807, 2.05) is 0 Å². The predicted octanol–water partition coefficient (Wildman–Crippen LogP) is 2.54. The van der Waals surface area contributed by atoms with Gasteiger partial charge in [-0.05, 0) is 42.6 Å². The molecule has 0 spiro atoms. The predicted molar refractivity (Wildman–Crippen MR) is 66.1 cm³/mol. The number of nitrogens with one attached hydrogen (secondary N) is 1. The minimum absolute atomic E-state index is 0.449. The molecule has 17 heavy (non-hydrogen) atoms. The van der Waals surface area contributed by atoms with Gasteiger partial charge in [-0.2, -0.15) is 0 Å². The van der Waals surface area contributed by atoms with Gasteiger partial charge < -0.3 is 14.8 Å². The summed E-state index contributed by atoms with van der Waals surface area (Å²) in [7, 11) is 1.75. The van der Waals surface area contributed by atoms with Gasteiger partial charge in [-0.25, -0.2) is 0 Å². The number of hydrogen-bond donors (Lipinski definition) is 1. The fourth-order valence-electron chi connectivity index (χ4n) is 2.79. The molecule has 1 fully saturated rings. The number of rotatable bonds is 2. The number of benzene rings is 1. The fourth-order valence-corrected chi connectivity index (χ4v) is 2.79. The van der Waals surface area contributed by atoms with Crippen LogP contribution in [0.1, 0.15) is 42.0 Å². The van der Waals surface area contributed by atoms with Crippen molar-refractivity contribution < 1.29 is 9.47 Å². The molecule has 0 amide bonds. The normalized spacial score (nSPS) is 23.5. The number of fused-ring (bicyclic) bond motifs is 1. The van der Waals surface area contributed by atoms with Crippen molar-refractivity contribution in [3.63, 3.8) is 0 Å². The van der Waals surface area contributed by atoms with Crippen LogP contribution >= 0.6 is 0 Å². The third-order valence-corrected chi connectivity index (χ3v) is 3.75. The lowest BCUT2D eigenvalue weighted by atomic mass is 9.94. The van der Waals surface area contributed by atoms with Crippen LogP contribution in [0.2, 0.25) is 0 Å². The highest BCUT2D eigenvalue weighted by molar-refractivity contribution is 5.45. The number of ether oxygens (including phenoxy) is 2. The van der Waals surface area contributed by atoms with Gasteiger partial charge in [0.25, 0.3) is 0 Å². The third-order valence-electron chi connectivity index (χ3n) is 3.75. The van der Waals surface area contributed by atoms with Crippen molar-refractivity contribution in [2.45, 2.75) is 38.5 Å².